The zero-order valence-electron chi connectivity index (χ0n) is 20.2. The number of fused-ring (bicyclic) bond motifs is 3. The molecule has 0 bridgehead atoms. The van der Waals surface area contributed by atoms with Crippen LogP contribution < -0.4 is 9.47 Å². The van der Waals surface area contributed by atoms with Crippen molar-refractivity contribution in [1.29, 1.82) is 0 Å². The highest BCUT2D eigenvalue weighted by molar-refractivity contribution is 5.83. The second-order valence-electron chi connectivity index (χ2n) is 10.2. The van der Waals surface area contributed by atoms with Crippen LogP contribution in [0.4, 0.5) is 0 Å². The van der Waals surface area contributed by atoms with E-state index in [-0.39, 0.29) is 6.29 Å². The Hall–Kier alpha value is -2.50. The number of rotatable bonds is 7. The molecule has 1 fully saturated rings. The predicted octanol–water partition coefficient (Wildman–Crippen LogP) is 6.02. The third-order valence-electron chi connectivity index (χ3n) is 7.91. The number of aromatic amines is 1. The van der Waals surface area contributed by atoms with Crippen LogP contribution in [0.5, 0.6) is 11.5 Å². The first-order chi connectivity index (χ1) is 16.8. The maximum Gasteiger partial charge on any atom is 0.241 e. The van der Waals surface area contributed by atoms with Crippen molar-refractivity contribution in [2.45, 2.75) is 64.2 Å². The van der Waals surface area contributed by atoms with Gasteiger partial charge in [-0.25, -0.2) is 0 Å². The third-order valence-corrected chi connectivity index (χ3v) is 7.91. The highest BCUT2D eigenvalue weighted by Crippen LogP contribution is 2.44. The minimum absolute atomic E-state index is 0.133. The van der Waals surface area contributed by atoms with Gasteiger partial charge in [0, 0.05) is 55.9 Å². The van der Waals surface area contributed by atoms with Crippen LogP contribution in [0.1, 0.15) is 61.8 Å². The van der Waals surface area contributed by atoms with E-state index in [0.717, 1.165) is 75.8 Å². The molecule has 5 heteroatoms. The molecule has 0 saturated carbocycles. The molecule has 1 saturated heterocycles. The normalized spacial score (nSPS) is 22.9. The number of aryl methyl sites for hydroxylation is 1. The van der Waals surface area contributed by atoms with Gasteiger partial charge in [0.25, 0.3) is 0 Å². The van der Waals surface area contributed by atoms with Crippen LogP contribution in [-0.4, -0.2) is 42.5 Å². The van der Waals surface area contributed by atoms with E-state index in [1.165, 1.54) is 40.4 Å². The minimum Gasteiger partial charge on any atom is -0.451 e. The Morgan fingerprint density at radius 2 is 1.85 bits per heavy atom. The van der Waals surface area contributed by atoms with Crippen LogP contribution in [0.15, 0.2) is 42.6 Å². The molecule has 3 aromatic rings. The second kappa shape index (κ2) is 9.63. The van der Waals surface area contributed by atoms with E-state index in [9.17, 15) is 0 Å². The lowest BCUT2D eigenvalue weighted by Gasteiger charge is -2.40. The smallest absolute Gasteiger partial charge is 0.241 e. The molecule has 3 aliphatic heterocycles. The highest BCUT2D eigenvalue weighted by Gasteiger charge is 2.33. The number of para-hydroxylation sites is 1. The van der Waals surface area contributed by atoms with E-state index >= 15 is 0 Å². The Labute approximate surface area is 202 Å². The first-order valence-corrected chi connectivity index (χ1v) is 13.2. The molecule has 6 rings (SSSR count). The van der Waals surface area contributed by atoms with E-state index < -0.39 is 0 Å². The van der Waals surface area contributed by atoms with Gasteiger partial charge in [0.2, 0.25) is 6.29 Å². The molecular weight excluding hydrogens is 424 g/mol. The fourth-order valence-electron chi connectivity index (χ4n) is 6.05. The van der Waals surface area contributed by atoms with Crippen LogP contribution in [-0.2, 0) is 17.6 Å². The maximum atomic E-state index is 6.19. The predicted molar refractivity (Wildman–Crippen MR) is 135 cm³/mol. The van der Waals surface area contributed by atoms with Crippen LogP contribution in [0.2, 0.25) is 0 Å². The fourth-order valence-corrected chi connectivity index (χ4v) is 6.05. The van der Waals surface area contributed by atoms with Gasteiger partial charge in [-0.2, -0.15) is 0 Å². The largest absolute Gasteiger partial charge is 0.451 e. The average molecular weight is 461 g/mol. The number of nitrogens with one attached hydrogen (secondary N) is 1. The van der Waals surface area contributed by atoms with Crippen molar-refractivity contribution in [3.63, 3.8) is 0 Å². The molecule has 180 valence electrons. The summed E-state index contributed by atoms with van der Waals surface area (Å²) in [6.07, 6.45) is 9.66. The van der Waals surface area contributed by atoms with Gasteiger partial charge in [0.1, 0.15) is 0 Å². The number of nitrogens with zero attached hydrogens (tertiary/aromatic N) is 1. The van der Waals surface area contributed by atoms with Gasteiger partial charge >= 0.3 is 0 Å². The highest BCUT2D eigenvalue weighted by atomic mass is 16.7. The van der Waals surface area contributed by atoms with Gasteiger partial charge in [0.15, 0.2) is 11.5 Å². The molecular formula is C29H36N2O3. The SMILES string of the molecule is CCCC1Oc2cc3c(cc2O1)C(CCc1c[nH]c2ccccc12)N(CC1CCOCC1)CC3. The topological polar surface area (TPSA) is 46.7 Å². The van der Waals surface area contributed by atoms with E-state index in [1.54, 1.807) is 0 Å². The molecule has 0 amide bonds. The van der Waals surface area contributed by atoms with Gasteiger partial charge in [0.05, 0.1) is 0 Å². The van der Waals surface area contributed by atoms with Gasteiger partial charge in [-0.15, -0.1) is 0 Å². The van der Waals surface area contributed by atoms with Crippen molar-refractivity contribution in [2.24, 2.45) is 5.92 Å². The molecule has 2 aromatic carbocycles. The third kappa shape index (κ3) is 4.32. The summed E-state index contributed by atoms with van der Waals surface area (Å²) in [5.74, 6) is 2.60. The van der Waals surface area contributed by atoms with E-state index in [2.05, 4.69) is 59.4 Å². The van der Waals surface area contributed by atoms with Crippen molar-refractivity contribution in [3.8, 4) is 11.5 Å². The molecule has 4 heterocycles. The number of H-pyrrole nitrogens is 1. The second-order valence-corrected chi connectivity index (χ2v) is 10.2. The monoisotopic (exact) mass is 460 g/mol. The minimum atomic E-state index is -0.133. The van der Waals surface area contributed by atoms with Crippen LogP contribution >= 0.6 is 0 Å². The van der Waals surface area contributed by atoms with Crippen LogP contribution in [0.25, 0.3) is 10.9 Å². The summed E-state index contributed by atoms with van der Waals surface area (Å²) in [7, 11) is 0. The quantitative estimate of drug-likeness (QED) is 0.468. The molecule has 34 heavy (non-hydrogen) atoms. The lowest BCUT2D eigenvalue weighted by molar-refractivity contribution is 0.0411. The molecule has 1 aromatic heterocycles. The zero-order chi connectivity index (χ0) is 22.9. The van der Waals surface area contributed by atoms with Gasteiger partial charge in [-0.05, 0) is 79.3 Å². The van der Waals surface area contributed by atoms with Crippen molar-refractivity contribution in [3.05, 3.63) is 59.3 Å². The standard InChI is InChI=1S/C29H36N2O3/c1-2-5-29-33-27-16-21-10-13-31(19-20-11-14-32-15-12-20)26(24(21)17-28(27)34-29)9-8-22-18-30-25-7-4-3-6-23(22)25/h3-4,6-7,16-18,20,26,29-30H,2,5,8-15,19H2,1H3. The summed E-state index contributed by atoms with van der Waals surface area (Å²) in [4.78, 5) is 6.21. The number of ether oxygens (including phenoxy) is 3. The Morgan fingerprint density at radius 1 is 1.03 bits per heavy atom. The summed E-state index contributed by atoms with van der Waals surface area (Å²) in [6, 6.07) is 13.6. The lowest BCUT2D eigenvalue weighted by Crippen LogP contribution is -2.40. The maximum absolute atomic E-state index is 6.19. The molecule has 0 radical (unpaired) electrons. The van der Waals surface area contributed by atoms with E-state index in [4.69, 9.17) is 14.2 Å². The molecule has 5 nitrogen and oxygen atoms in total. The Balaban J connectivity index is 1.28. The average Bonchev–Trinajstić information content (AvgIpc) is 3.46. The number of aromatic nitrogens is 1. The van der Waals surface area contributed by atoms with Gasteiger partial charge < -0.3 is 19.2 Å². The lowest BCUT2D eigenvalue weighted by atomic mass is 9.87. The van der Waals surface area contributed by atoms with E-state index in [1.807, 2.05) is 0 Å². The first-order valence-electron chi connectivity index (χ1n) is 13.2. The van der Waals surface area contributed by atoms with Gasteiger partial charge in [-0.3, -0.25) is 4.90 Å². The Morgan fingerprint density at radius 3 is 2.71 bits per heavy atom. The first kappa shape index (κ1) is 22.0. The van der Waals surface area contributed by atoms with Crippen LogP contribution in [0.3, 0.4) is 0 Å². The Bertz CT molecular complexity index is 1130. The van der Waals surface area contributed by atoms with Crippen LogP contribution in [0, 0.1) is 5.92 Å². The van der Waals surface area contributed by atoms with Crippen molar-refractivity contribution < 1.29 is 14.2 Å². The molecule has 2 unspecified atom stereocenters. The number of hydrogen-bond acceptors (Lipinski definition) is 4. The number of hydrogen-bond donors (Lipinski definition) is 1. The number of benzene rings is 2. The molecule has 1 N–H and O–H groups in total. The molecule has 0 aliphatic carbocycles. The summed E-state index contributed by atoms with van der Waals surface area (Å²) >= 11 is 0. The molecule has 3 aliphatic rings. The summed E-state index contributed by atoms with van der Waals surface area (Å²) in [5, 5.41) is 1.35. The van der Waals surface area contributed by atoms with E-state index in [0.29, 0.717) is 6.04 Å². The summed E-state index contributed by atoms with van der Waals surface area (Å²) < 4.78 is 17.9. The van der Waals surface area contributed by atoms with Crippen molar-refractivity contribution in [1.82, 2.24) is 9.88 Å². The Kier molecular flexibility index (Phi) is 6.23. The van der Waals surface area contributed by atoms with Crippen molar-refractivity contribution in [2.75, 3.05) is 26.3 Å². The molecule has 2 atom stereocenters. The summed E-state index contributed by atoms with van der Waals surface area (Å²) in [6.45, 7) is 6.27. The summed E-state index contributed by atoms with van der Waals surface area (Å²) in [5.41, 5.74) is 5.52. The fraction of sp³-hybridized carbons (Fsp3) is 0.517. The van der Waals surface area contributed by atoms with Crippen molar-refractivity contribution >= 4 is 10.9 Å². The van der Waals surface area contributed by atoms with Gasteiger partial charge in [-0.1, -0.05) is 25.1 Å². The molecule has 0 spiro atoms. The zero-order valence-corrected chi connectivity index (χ0v) is 20.2.